The van der Waals surface area contributed by atoms with Crippen molar-refractivity contribution < 1.29 is 17.9 Å². The molecule has 1 aliphatic rings. The van der Waals surface area contributed by atoms with Crippen molar-refractivity contribution in [1.29, 1.82) is 0 Å². The Hall–Kier alpha value is -2.05. The summed E-state index contributed by atoms with van der Waals surface area (Å²) in [7, 11) is -3.10. The van der Waals surface area contributed by atoms with E-state index in [1.54, 1.807) is 23.1 Å². The lowest BCUT2D eigenvalue weighted by Crippen LogP contribution is -2.43. The Morgan fingerprint density at radius 2 is 1.96 bits per heavy atom. The number of aryl methyl sites for hydroxylation is 1. The van der Waals surface area contributed by atoms with Crippen molar-refractivity contribution in [3.05, 3.63) is 64.7 Å². The van der Waals surface area contributed by atoms with Crippen LogP contribution in [0.3, 0.4) is 0 Å². The third-order valence-corrected chi connectivity index (χ3v) is 6.59. The average molecular weight is 408 g/mol. The number of carbonyl (C=O) groups is 1. The van der Waals surface area contributed by atoms with Crippen LogP contribution in [0.1, 0.15) is 17.5 Å². The number of hydrogen-bond donors (Lipinski definition) is 0. The molecule has 1 atom stereocenters. The highest BCUT2D eigenvalue weighted by Gasteiger charge is 2.34. The molecule has 1 aliphatic heterocycles. The summed E-state index contributed by atoms with van der Waals surface area (Å²) in [4.78, 5) is 14.5. The van der Waals surface area contributed by atoms with E-state index in [2.05, 4.69) is 0 Å². The Bertz CT molecular complexity index is 912. The van der Waals surface area contributed by atoms with Gasteiger partial charge in [-0.05, 0) is 48.7 Å². The maximum Gasteiger partial charge on any atom is 0.261 e. The Morgan fingerprint density at radius 3 is 2.59 bits per heavy atom. The number of sulfone groups is 1. The van der Waals surface area contributed by atoms with E-state index in [-0.39, 0.29) is 30.1 Å². The second-order valence-corrected chi connectivity index (χ2v) is 9.48. The second-order valence-electron chi connectivity index (χ2n) is 6.81. The maximum absolute atomic E-state index is 12.9. The predicted molar refractivity (Wildman–Crippen MR) is 106 cm³/mol. The van der Waals surface area contributed by atoms with Gasteiger partial charge in [-0.2, -0.15) is 0 Å². The van der Waals surface area contributed by atoms with Gasteiger partial charge in [0, 0.05) is 17.6 Å². The number of carbonyl (C=O) groups excluding carboxylic acids is 1. The molecule has 0 spiro atoms. The largest absolute Gasteiger partial charge is 0.484 e. The monoisotopic (exact) mass is 407 g/mol. The summed E-state index contributed by atoms with van der Waals surface area (Å²) < 4.78 is 29.4. The number of amides is 1. The van der Waals surface area contributed by atoms with E-state index in [4.69, 9.17) is 16.3 Å². The molecule has 7 heteroatoms. The van der Waals surface area contributed by atoms with Crippen molar-refractivity contribution in [3.8, 4) is 5.75 Å². The molecule has 1 heterocycles. The molecule has 1 fully saturated rings. The van der Waals surface area contributed by atoms with Crippen LogP contribution in [0.25, 0.3) is 0 Å². The Labute approximate surface area is 164 Å². The van der Waals surface area contributed by atoms with Crippen molar-refractivity contribution in [3.63, 3.8) is 0 Å². The minimum Gasteiger partial charge on any atom is -0.484 e. The fraction of sp³-hybridized carbons (Fsp3) is 0.350. The molecular formula is C20H22ClNO4S. The molecule has 0 bridgehead atoms. The zero-order valence-corrected chi connectivity index (χ0v) is 16.7. The molecular weight excluding hydrogens is 386 g/mol. The van der Waals surface area contributed by atoms with Gasteiger partial charge in [-0.25, -0.2) is 8.42 Å². The SMILES string of the molecule is Cc1cccc(OCC(=O)N(Cc2ccc(Cl)cc2)[C@H]2CCS(=O)(=O)C2)c1. The highest BCUT2D eigenvalue weighted by atomic mass is 35.5. The maximum atomic E-state index is 12.9. The van der Waals surface area contributed by atoms with Crippen LogP contribution in [0.2, 0.25) is 5.02 Å². The third kappa shape index (κ3) is 5.47. The third-order valence-electron chi connectivity index (χ3n) is 4.59. The number of halogens is 1. The van der Waals surface area contributed by atoms with Crippen LogP contribution in [-0.2, 0) is 21.2 Å². The molecule has 27 heavy (non-hydrogen) atoms. The van der Waals surface area contributed by atoms with Crippen LogP contribution in [0.5, 0.6) is 5.75 Å². The highest BCUT2D eigenvalue weighted by Crippen LogP contribution is 2.22. The molecule has 3 rings (SSSR count). The summed E-state index contributed by atoms with van der Waals surface area (Å²) in [6.07, 6.45) is 0.451. The van der Waals surface area contributed by atoms with E-state index in [0.717, 1.165) is 11.1 Å². The van der Waals surface area contributed by atoms with Crippen LogP contribution >= 0.6 is 11.6 Å². The molecule has 2 aromatic rings. The minimum absolute atomic E-state index is 0.00320. The lowest BCUT2D eigenvalue weighted by molar-refractivity contribution is -0.136. The van der Waals surface area contributed by atoms with Crippen LogP contribution in [0.15, 0.2) is 48.5 Å². The summed E-state index contributed by atoms with van der Waals surface area (Å²) in [6, 6.07) is 14.3. The molecule has 1 saturated heterocycles. The fourth-order valence-electron chi connectivity index (χ4n) is 3.16. The summed E-state index contributed by atoms with van der Waals surface area (Å²) in [5, 5.41) is 0.614. The molecule has 144 valence electrons. The van der Waals surface area contributed by atoms with Gasteiger partial charge in [0.2, 0.25) is 0 Å². The molecule has 0 aromatic heterocycles. The smallest absolute Gasteiger partial charge is 0.261 e. The number of nitrogens with zero attached hydrogens (tertiary/aromatic N) is 1. The van der Waals surface area contributed by atoms with E-state index >= 15 is 0 Å². The van der Waals surface area contributed by atoms with Gasteiger partial charge in [0.25, 0.3) is 5.91 Å². The van der Waals surface area contributed by atoms with Crippen molar-refractivity contribution in [2.75, 3.05) is 18.1 Å². The Kier molecular flexibility index (Phi) is 6.07. The van der Waals surface area contributed by atoms with Gasteiger partial charge in [0.15, 0.2) is 16.4 Å². The normalized spacial score (nSPS) is 18.2. The first-order valence-corrected chi connectivity index (χ1v) is 11.0. The summed E-state index contributed by atoms with van der Waals surface area (Å²) >= 11 is 5.93. The number of benzene rings is 2. The molecule has 0 aliphatic carbocycles. The average Bonchev–Trinajstić information content (AvgIpc) is 2.99. The Morgan fingerprint density at radius 1 is 1.22 bits per heavy atom. The van der Waals surface area contributed by atoms with Gasteiger partial charge in [-0.15, -0.1) is 0 Å². The molecule has 0 saturated carbocycles. The van der Waals surface area contributed by atoms with Crippen LogP contribution in [-0.4, -0.2) is 43.4 Å². The summed E-state index contributed by atoms with van der Waals surface area (Å²) in [6.45, 7) is 2.14. The van der Waals surface area contributed by atoms with Crippen molar-refractivity contribution in [2.45, 2.75) is 25.9 Å². The number of hydrogen-bond acceptors (Lipinski definition) is 4. The van der Waals surface area contributed by atoms with E-state index < -0.39 is 9.84 Å². The standard InChI is InChI=1S/C20H22ClNO4S/c1-15-3-2-4-19(11-15)26-13-20(23)22(18-9-10-27(24,25)14-18)12-16-5-7-17(21)8-6-16/h2-8,11,18H,9-10,12-14H2,1H3/t18-/m0/s1. The van der Waals surface area contributed by atoms with Crippen molar-refractivity contribution in [1.82, 2.24) is 4.90 Å². The molecule has 0 radical (unpaired) electrons. The first-order valence-electron chi connectivity index (χ1n) is 8.76. The molecule has 1 amide bonds. The predicted octanol–water partition coefficient (Wildman–Crippen LogP) is 3.24. The van der Waals surface area contributed by atoms with Gasteiger partial charge in [-0.1, -0.05) is 35.9 Å². The second kappa shape index (κ2) is 8.31. The molecule has 0 N–H and O–H groups in total. The lowest BCUT2D eigenvalue weighted by atomic mass is 10.1. The van der Waals surface area contributed by atoms with Crippen molar-refractivity contribution in [2.24, 2.45) is 0 Å². The summed E-state index contributed by atoms with van der Waals surface area (Å²) in [5.41, 5.74) is 1.94. The van der Waals surface area contributed by atoms with Gasteiger partial charge < -0.3 is 9.64 Å². The zero-order valence-electron chi connectivity index (χ0n) is 15.1. The molecule has 5 nitrogen and oxygen atoms in total. The van der Waals surface area contributed by atoms with Gasteiger partial charge >= 0.3 is 0 Å². The quantitative estimate of drug-likeness (QED) is 0.737. The van der Waals surface area contributed by atoms with Crippen molar-refractivity contribution >= 4 is 27.3 Å². The first kappa shape index (κ1) is 19.7. The fourth-order valence-corrected chi connectivity index (χ4v) is 5.02. The highest BCUT2D eigenvalue weighted by molar-refractivity contribution is 7.91. The van der Waals surface area contributed by atoms with Crippen LogP contribution < -0.4 is 4.74 Å². The van der Waals surface area contributed by atoms with Gasteiger partial charge in [0.05, 0.1) is 11.5 Å². The van der Waals surface area contributed by atoms with E-state index in [9.17, 15) is 13.2 Å². The van der Waals surface area contributed by atoms with Crippen LogP contribution in [0, 0.1) is 6.92 Å². The first-order chi connectivity index (χ1) is 12.8. The Balaban J connectivity index is 1.73. The topological polar surface area (TPSA) is 63.7 Å². The van der Waals surface area contributed by atoms with E-state index in [1.807, 2.05) is 37.3 Å². The summed E-state index contributed by atoms with van der Waals surface area (Å²) in [5.74, 6) is 0.500. The minimum atomic E-state index is -3.10. The van der Waals surface area contributed by atoms with Gasteiger partial charge in [-0.3, -0.25) is 4.79 Å². The number of rotatable bonds is 6. The molecule has 0 unspecified atom stereocenters. The zero-order chi connectivity index (χ0) is 19.4. The van der Waals surface area contributed by atoms with Gasteiger partial charge in [0.1, 0.15) is 5.75 Å². The van der Waals surface area contributed by atoms with E-state index in [0.29, 0.717) is 23.7 Å². The van der Waals surface area contributed by atoms with E-state index in [1.165, 1.54) is 0 Å². The number of ether oxygens (including phenoxy) is 1. The lowest BCUT2D eigenvalue weighted by Gasteiger charge is -2.28. The van der Waals surface area contributed by atoms with Crippen LogP contribution in [0.4, 0.5) is 0 Å². The molecule has 2 aromatic carbocycles.